The van der Waals surface area contributed by atoms with Crippen molar-refractivity contribution in [3.8, 4) is 0 Å². The van der Waals surface area contributed by atoms with Crippen LogP contribution in [0.15, 0.2) is 9.52 Å². The number of hydrogen-bond acceptors (Lipinski definition) is 0. The summed E-state index contributed by atoms with van der Waals surface area (Å²) in [5.74, 6) is 0.453. The van der Waals surface area contributed by atoms with Crippen LogP contribution < -0.4 is 0 Å². The van der Waals surface area contributed by atoms with E-state index >= 15 is 0 Å². The Morgan fingerprint density at radius 2 is 2.00 bits per heavy atom. The fourth-order valence-corrected chi connectivity index (χ4v) is 2.56. The summed E-state index contributed by atoms with van der Waals surface area (Å²) in [5, 5.41) is 0.415. The molecule has 0 aromatic rings. The number of unbranched alkanes of at least 4 members (excludes halogenated alkanes) is 1. The zero-order chi connectivity index (χ0) is 10.1. The quantitative estimate of drug-likeness (QED) is 0.621. The first-order valence-electron chi connectivity index (χ1n) is 4.42. The van der Waals surface area contributed by atoms with Gasteiger partial charge in [-0.2, -0.15) is 0 Å². The zero-order valence-electron chi connectivity index (χ0n) is 7.42. The highest BCUT2D eigenvalue weighted by atomic mass is 35.5. The van der Waals surface area contributed by atoms with Crippen LogP contribution in [0, 0.1) is 5.92 Å². The first kappa shape index (κ1) is 12.0. The molecule has 1 rings (SSSR count). The Hall–Kier alpha value is 0.900. The summed E-state index contributed by atoms with van der Waals surface area (Å²) < 4.78 is 0.107. The van der Waals surface area contributed by atoms with Gasteiger partial charge in [0.1, 0.15) is 4.49 Å². The summed E-state index contributed by atoms with van der Waals surface area (Å²) in [4.78, 5) is -0.449. The van der Waals surface area contributed by atoms with Crippen molar-refractivity contribution in [2.24, 2.45) is 5.92 Å². The van der Waals surface area contributed by atoms with E-state index in [1.54, 1.807) is 0 Å². The molecule has 0 aromatic carbocycles. The lowest BCUT2D eigenvalue weighted by atomic mass is 10.1. The van der Waals surface area contributed by atoms with Crippen LogP contribution in [0.3, 0.4) is 0 Å². The molecule has 0 aromatic heterocycles. The fraction of sp³-hybridized carbons (Fsp3) is 0.778. The third kappa shape index (κ3) is 2.68. The van der Waals surface area contributed by atoms with Crippen molar-refractivity contribution in [2.75, 3.05) is 0 Å². The molecule has 76 valence electrons. The van der Waals surface area contributed by atoms with Crippen LogP contribution in [-0.2, 0) is 0 Å². The largest absolute Gasteiger partial charge is 0.123 e. The topological polar surface area (TPSA) is 0 Å². The lowest BCUT2D eigenvalue weighted by Gasteiger charge is -2.07. The SMILES string of the molecule is CCCCC1CC1(Cl)C(Cl)=C(Cl)Cl. The average molecular weight is 262 g/mol. The van der Waals surface area contributed by atoms with Gasteiger partial charge in [0.2, 0.25) is 0 Å². The molecule has 13 heavy (non-hydrogen) atoms. The molecule has 1 aliphatic carbocycles. The second-order valence-electron chi connectivity index (χ2n) is 3.48. The van der Waals surface area contributed by atoms with Gasteiger partial charge in [0.05, 0.1) is 9.91 Å². The molecule has 4 heteroatoms. The highest BCUT2D eigenvalue weighted by Gasteiger charge is 2.55. The Bertz CT molecular complexity index is 220. The molecule has 0 aliphatic heterocycles. The highest BCUT2D eigenvalue weighted by Crippen LogP contribution is 2.59. The Balaban J connectivity index is 2.50. The van der Waals surface area contributed by atoms with Gasteiger partial charge in [-0.1, -0.05) is 54.6 Å². The van der Waals surface area contributed by atoms with Crippen LogP contribution in [0.1, 0.15) is 32.6 Å². The van der Waals surface area contributed by atoms with Gasteiger partial charge in [-0.25, -0.2) is 0 Å². The smallest absolute Gasteiger partial charge is 0.113 e. The molecular weight excluding hydrogens is 250 g/mol. The average Bonchev–Trinajstić information content (AvgIpc) is 2.73. The predicted octanol–water partition coefficient (Wildman–Crippen LogP) is 5.06. The second-order valence-corrected chi connectivity index (χ2v) is 5.48. The van der Waals surface area contributed by atoms with Crippen LogP contribution in [0.4, 0.5) is 0 Å². The fourth-order valence-electron chi connectivity index (χ4n) is 1.51. The molecule has 0 bridgehead atoms. The minimum atomic E-state index is -0.449. The van der Waals surface area contributed by atoms with Gasteiger partial charge < -0.3 is 0 Å². The van der Waals surface area contributed by atoms with E-state index in [2.05, 4.69) is 6.92 Å². The molecular formula is C9H12Cl4. The van der Waals surface area contributed by atoms with Gasteiger partial charge in [-0.05, 0) is 18.8 Å². The van der Waals surface area contributed by atoms with Crippen molar-refractivity contribution < 1.29 is 0 Å². The summed E-state index contributed by atoms with van der Waals surface area (Å²) in [7, 11) is 0. The summed E-state index contributed by atoms with van der Waals surface area (Å²) in [6.45, 7) is 2.16. The van der Waals surface area contributed by atoms with Gasteiger partial charge in [0.15, 0.2) is 0 Å². The van der Waals surface area contributed by atoms with Crippen LogP contribution in [0.2, 0.25) is 0 Å². The summed E-state index contributed by atoms with van der Waals surface area (Å²) >= 11 is 23.3. The van der Waals surface area contributed by atoms with Crippen molar-refractivity contribution in [1.82, 2.24) is 0 Å². The van der Waals surface area contributed by atoms with Gasteiger partial charge >= 0.3 is 0 Å². The van der Waals surface area contributed by atoms with Crippen LogP contribution in [0.25, 0.3) is 0 Å². The lowest BCUT2D eigenvalue weighted by molar-refractivity contribution is 0.639. The third-order valence-corrected chi connectivity index (χ3v) is 4.31. The van der Waals surface area contributed by atoms with Gasteiger partial charge in [0, 0.05) is 0 Å². The first-order chi connectivity index (χ1) is 6.02. The first-order valence-corrected chi connectivity index (χ1v) is 5.93. The van der Waals surface area contributed by atoms with Crippen molar-refractivity contribution in [3.63, 3.8) is 0 Å². The van der Waals surface area contributed by atoms with Gasteiger partial charge in [-0.3, -0.25) is 0 Å². The molecule has 0 amide bonds. The predicted molar refractivity (Wildman–Crippen MR) is 60.8 cm³/mol. The van der Waals surface area contributed by atoms with E-state index in [0.717, 1.165) is 12.8 Å². The molecule has 2 unspecified atom stereocenters. The van der Waals surface area contributed by atoms with E-state index in [-0.39, 0.29) is 4.49 Å². The van der Waals surface area contributed by atoms with Crippen LogP contribution in [-0.4, -0.2) is 4.87 Å². The minimum absolute atomic E-state index is 0.107. The van der Waals surface area contributed by atoms with Crippen molar-refractivity contribution in [2.45, 2.75) is 37.5 Å². The summed E-state index contributed by atoms with van der Waals surface area (Å²) in [6, 6.07) is 0. The highest BCUT2D eigenvalue weighted by molar-refractivity contribution is 6.60. The monoisotopic (exact) mass is 260 g/mol. The van der Waals surface area contributed by atoms with E-state index in [1.165, 1.54) is 12.8 Å². The maximum absolute atomic E-state index is 6.23. The van der Waals surface area contributed by atoms with E-state index < -0.39 is 4.87 Å². The maximum atomic E-state index is 6.23. The summed E-state index contributed by atoms with van der Waals surface area (Å²) in [5.41, 5.74) is 0. The molecule has 0 radical (unpaired) electrons. The number of hydrogen-bond donors (Lipinski definition) is 0. The number of rotatable bonds is 4. The van der Waals surface area contributed by atoms with Crippen LogP contribution >= 0.6 is 46.4 Å². The molecule has 0 heterocycles. The van der Waals surface area contributed by atoms with Gasteiger partial charge in [-0.15, -0.1) is 11.6 Å². The standard InChI is InChI=1S/C9H12Cl4/c1-2-3-4-6-5-9(6,13)7(10)8(11)12/h6H,2-5H2,1H3. The molecule has 1 aliphatic rings. The van der Waals surface area contributed by atoms with Crippen molar-refractivity contribution >= 4 is 46.4 Å². The van der Waals surface area contributed by atoms with E-state index in [1.807, 2.05) is 0 Å². The number of alkyl halides is 1. The van der Waals surface area contributed by atoms with Crippen molar-refractivity contribution in [1.29, 1.82) is 0 Å². The zero-order valence-corrected chi connectivity index (χ0v) is 10.4. The van der Waals surface area contributed by atoms with E-state index in [4.69, 9.17) is 46.4 Å². The van der Waals surface area contributed by atoms with E-state index in [9.17, 15) is 0 Å². The normalized spacial score (nSPS) is 31.6. The minimum Gasteiger partial charge on any atom is -0.113 e. The molecule has 0 saturated heterocycles. The molecule has 1 saturated carbocycles. The molecule has 1 fully saturated rings. The lowest BCUT2D eigenvalue weighted by Crippen LogP contribution is -2.03. The molecule has 0 nitrogen and oxygen atoms in total. The molecule has 2 atom stereocenters. The van der Waals surface area contributed by atoms with Crippen molar-refractivity contribution in [3.05, 3.63) is 9.52 Å². The summed E-state index contributed by atoms with van der Waals surface area (Å²) in [6.07, 6.45) is 4.37. The Morgan fingerprint density at radius 3 is 2.46 bits per heavy atom. The van der Waals surface area contributed by atoms with Crippen LogP contribution in [0.5, 0.6) is 0 Å². The Labute approximate surface area is 99.2 Å². The number of halogens is 4. The second kappa shape index (κ2) is 4.61. The van der Waals surface area contributed by atoms with Gasteiger partial charge in [0.25, 0.3) is 0 Å². The molecule has 0 N–H and O–H groups in total. The molecule has 0 spiro atoms. The Morgan fingerprint density at radius 1 is 1.38 bits per heavy atom. The maximum Gasteiger partial charge on any atom is 0.123 e. The Kier molecular flexibility index (Phi) is 4.25. The number of allylic oxidation sites excluding steroid dienone is 1. The third-order valence-electron chi connectivity index (χ3n) is 2.47. The van der Waals surface area contributed by atoms with E-state index in [0.29, 0.717) is 11.0 Å².